The standard InChI is InChI=1S/C15H23N7/c1-11-13(16)19-15(2,20-14(11)17)22-9-7-21(8-10-22)12-5-3-4-6-18-12/h3-6,19H,7-10,16H2,1-2H3,(H2,17,20). The van der Waals surface area contributed by atoms with Gasteiger partial charge in [0.05, 0.1) is 0 Å². The molecule has 2 aliphatic rings. The van der Waals surface area contributed by atoms with Crippen LogP contribution in [0.1, 0.15) is 13.8 Å². The van der Waals surface area contributed by atoms with Crippen LogP contribution in [-0.2, 0) is 0 Å². The predicted octanol–water partition coefficient (Wildman–Crippen LogP) is 0.0279. The molecule has 3 heterocycles. The van der Waals surface area contributed by atoms with Crippen molar-refractivity contribution in [1.29, 1.82) is 0 Å². The first-order valence-corrected chi connectivity index (χ1v) is 7.51. The molecular formula is C15H23N7. The van der Waals surface area contributed by atoms with Gasteiger partial charge in [-0.05, 0) is 26.0 Å². The Morgan fingerprint density at radius 2 is 1.91 bits per heavy atom. The van der Waals surface area contributed by atoms with Crippen LogP contribution in [0, 0.1) is 0 Å². The summed E-state index contributed by atoms with van der Waals surface area (Å²) >= 11 is 0. The number of anilines is 1. The first-order valence-electron chi connectivity index (χ1n) is 7.51. The largest absolute Gasteiger partial charge is 0.385 e. The number of nitrogens with one attached hydrogen (secondary N) is 1. The summed E-state index contributed by atoms with van der Waals surface area (Å²) in [6, 6.07) is 5.98. The van der Waals surface area contributed by atoms with Crippen LogP contribution in [0.2, 0.25) is 0 Å². The number of hydrogen-bond acceptors (Lipinski definition) is 7. The molecule has 2 aliphatic heterocycles. The first-order chi connectivity index (χ1) is 10.5. The molecule has 22 heavy (non-hydrogen) atoms. The van der Waals surface area contributed by atoms with Crippen molar-refractivity contribution in [3.63, 3.8) is 0 Å². The van der Waals surface area contributed by atoms with Crippen LogP contribution in [0.15, 0.2) is 40.8 Å². The normalized spacial score (nSPS) is 26.6. The molecule has 1 unspecified atom stereocenters. The highest BCUT2D eigenvalue weighted by molar-refractivity contribution is 5.97. The van der Waals surface area contributed by atoms with Crippen LogP contribution in [0.25, 0.3) is 0 Å². The van der Waals surface area contributed by atoms with E-state index in [1.807, 2.05) is 38.2 Å². The fourth-order valence-corrected chi connectivity index (χ4v) is 2.89. The molecule has 0 spiro atoms. The number of piperazine rings is 1. The minimum absolute atomic E-state index is 0.505. The van der Waals surface area contributed by atoms with Gasteiger partial charge >= 0.3 is 0 Å². The Hall–Kier alpha value is -2.28. The third-order valence-corrected chi connectivity index (χ3v) is 4.37. The molecule has 0 radical (unpaired) electrons. The summed E-state index contributed by atoms with van der Waals surface area (Å²) in [7, 11) is 0. The van der Waals surface area contributed by atoms with Gasteiger partial charge in [0, 0.05) is 37.9 Å². The number of amidine groups is 1. The molecule has 1 aromatic heterocycles. The molecule has 1 saturated heterocycles. The van der Waals surface area contributed by atoms with E-state index in [1.54, 1.807) is 0 Å². The summed E-state index contributed by atoms with van der Waals surface area (Å²) in [4.78, 5) is 13.6. The molecule has 0 aliphatic carbocycles. The molecule has 3 rings (SSSR count). The second-order valence-electron chi connectivity index (χ2n) is 5.84. The minimum Gasteiger partial charge on any atom is -0.385 e. The number of pyridine rings is 1. The smallest absolute Gasteiger partial charge is 0.187 e. The van der Waals surface area contributed by atoms with Crippen LogP contribution in [0.3, 0.4) is 0 Å². The lowest BCUT2D eigenvalue weighted by Crippen LogP contribution is -2.63. The fourth-order valence-electron chi connectivity index (χ4n) is 2.89. The SMILES string of the molecule is CC1=C(N)NC(C)(N2CCN(c3ccccn3)CC2)N=C1N. The zero-order chi connectivity index (χ0) is 15.7. The van der Waals surface area contributed by atoms with Gasteiger partial charge in [-0.15, -0.1) is 0 Å². The molecule has 7 nitrogen and oxygen atoms in total. The van der Waals surface area contributed by atoms with Crippen molar-refractivity contribution in [1.82, 2.24) is 15.2 Å². The van der Waals surface area contributed by atoms with E-state index >= 15 is 0 Å². The molecule has 1 aromatic rings. The molecule has 5 N–H and O–H groups in total. The Morgan fingerprint density at radius 3 is 2.50 bits per heavy atom. The van der Waals surface area contributed by atoms with E-state index in [1.165, 1.54) is 0 Å². The average molecular weight is 301 g/mol. The van der Waals surface area contributed by atoms with Crippen LogP contribution in [0.5, 0.6) is 0 Å². The van der Waals surface area contributed by atoms with Crippen LogP contribution < -0.4 is 21.7 Å². The van der Waals surface area contributed by atoms with E-state index in [0.717, 1.165) is 37.6 Å². The monoisotopic (exact) mass is 301 g/mol. The average Bonchev–Trinajstić information content (AvgIpc) is 2.53. The predicted molar refractivity (Wildman–Crippen MR) is 88.1 cm³/mol. The lowest BCUT2D eigenvalue weighted by Gasteiger charge is -2.45. The number of aliphatic imine (C=N–C) groups is 1. The number of nitrogens with zero attached hydrogens (tertiary/aromatic N) is 4. The Bertz CT molecular complexity index is 602. The maximum Gasteiger partial charge on any atom is 0.187 e. The lowest BCUT2D eigenvalue weighted by molar-refractivity contribution is 0.0787. The summed E-state index contributed by atoms with van der Waals surface area (Å²) in [5.41, 5.74) is 12.8. The van der Waals surface area contributed by atoms with Crippen molar-refractivity contribution in [2.75, 3.05) is 31.1 Å². The fraction of sp³-hybridized carbons (Fsp3) is 0.467. The number of aromatic nitrogens is 1. The summed E-state index contributed by atoms with van der Waals surface area (Å²) in [5.74, 6) is 1.54. The Balaban J connectivity index is 1.69. The summed E-state index contributed by atoms with van der Waals surface area (Å²) in [6.45, 7) is 7.40. The Kier molecular flexibility index (Phi) is 3.66. The van der Waals surface area contributed by atoms with E-state index in [-0.39, 0.29) is 0 Å². The van der Waals surface area contributed by atoms with Gasteiger partial charge in [0.2, 0.25) is 0 Å². The minimum atomic E-state index is -0.579. The maximum atomic E-state index is 6.03. The van der Waals surface area contributed by atoms with Gasteiger partial charge in [-0.1, -0.05) is 6.07 Å². The molecule has 0 amide bonds. The quantitative estimate of drug-likeness (QED) is 0.713. The van der Waals surface area contributed by atoms with Gasteiger partial charge < -0.3 is 21.7 Å². The Labute approximate surface area is 130 Å². The van der Waals surface area contributed by atoms with Gasteiger partial charge in [0.1, 0.15) is 17.5 Å². The molecule has 1 fully saturated rings. The summed E-state index contributed by atoms with van der Waals surface area (Å²) < 4.78 is 0. The number of nitrogens with two attached hydrogens (primary N) is 2. The van der Waals surface area contributed by atoms with Crippen molar-refractivity contribution in [3.05, 3.63) is 35.8 Å². The van der Waals surface area contributed by atoms with Crippen LogP contribution in [0.4, 0.5) is 5.82 Å². The third-order valence-electron chi connectivity index (χ3n) is 4.37. The van der Waals surface area contributed by atoms with Gasteiger partial charge in [-0.25, -0.2) is 9.98 Å². The third kappa shape index (κ3) is 2.59. The van der Waals surface area contributed by atoms with Crippen LogP contribution in [-0.4, -0.2) is 47.7 Å². The molecule has 0 aromatic carbocycles. The highest BCUT2D eigenvalue weighted by atomic mass is 15.5. The first kappa shape index (κ1) is 14.6. The summed E-state index contributed by atoms with van der Waals surface area (Å²) in [5, 5.41) is 3.28. The van der Waals surface area contributed by atoms with E-state index < -0.39 is 5.79 Å². The van der Waals surface area contributed by atoms with Crippen molar-refractivity contribution in [2.24, 2.45) is 16.5 Å². The lowest BCUT2D eigenvalue weighted by atomic mass is 10.1. The molecule has 7 heteroatoms. The van der Waals surface area contributed by atoms with Crippen molar-refractivity contribution < 1.29 is 0 Å². The molecular weight excluding hydrogens is 278 g/mol. The number of hydrogen-bond donors (Lipinski definition) is 3. The molecule has 118 valence electrons. The zero-order valence-electron chi connectivity index (χ0n) is 13.1. The highest BCUT2D eigenvalue weighted by Crippen LogP contribution is 2.23. The van der Waals surface area contributed by atoms with Crippen molar-refractivity contribution >= 4 is 11.7 Å². The van der Waals surface area contributed by atoms with Crippen LogP contribution >= 0.6 is 0 Å². The van der Waals surface area contributed by atoms with Gasteiger partial charge in [0.15, 0.2) is 5.79 Å². The summed E-state index contributed by atoms with van der Waals surface area (Å²) in [6.07, 6.45) is 1.82. The van der Waals surface area contributed by atoms with Gasteiger partial charge in [0.25, 0.3) is 0 Å². The van der Waals surface area contributed by atoms with Crippen molar-refractivity contribution in [3.8, 4) is 0 Å². The van der Waals surface area contributed by atoms with E-state index in [4.69, 9.17) is 11.5 Å². The maximum absolute atomic E-state index is 6.03. The molecule has 0 saturated carbocycles. The zero-order valence-corrected chi connectivity index (χ0v) is 13.1. The van der Waals surface area contributed by atoms with Gasteiger partial charge in [-0.3, -0.25) is 4.90 Å². The second-order valence-corrected chi connectivity index (χ2v) is 5.84. The van der Waals surface area contributed by atoms with E-state index in [2.05, 4.69) is 25.1 Å². The Morgan fingerprint density at radius 1 is 1.18 bits per heavy atom. The second kappa shape index (κ2) is 5.49. The highest BCUT2D eigenvalue weighted by Gasteiger charge is 2.37. The number of rotatable bonds is 2. The van der Waals surface area contributed by atoms with Gasteiger partial charge in [-0.2, -0.15) is 0 Å². The van der Waals surface area contributed by atoms with E-state index in [0.29, 0.717) is 11.7 Å². The van der Waals surface area contributed by atoms with Crippen molar-refractivity contribution in [2.45, 2.75) is 19.6 Å². The molecule has 0 bridgehead atoms. The molecule has 1 atom stereocenters. The topological polar surface area (TPSA) is 95.8 Å². The van der Waals surface area contributed by atoms with E-state index in [9.17, 15) is 0 Å².